The predicted octanol–water partition coefficient (Wildman–Crippen LogP) is -0.362. The van der Waals surface area contributed by atoms with Gasteiger partial charge in [-0.1, -0.05) is 43.0 Å². The molecule has 9 unspecified atom stereocenters. The second-order valence-corrected chi connectivity index (χ2v) is 11.6. The number of fused-ring (bicyclic) bond motifs is 4. The van der Waals surface area contributed by atoms with E-state index in [1.165, 1.54) is 13.4 Å². The number of carboxylic acids is 1. The van der Waals surface area contributed by atoms with Crippen molar-refractivity contribution in [1.29, 1.82) is 0 Å². The van der Waals surface area contributed by atoms with Crippen LogP contribution < -0.4 is 15.6 Å². The molecule has 4 N–H and O–H groups in total. The summed E-state index contributed by atoms with van der Waals surface area (Å²) in [5, 5.41) is 45.5. The number of nitrogens with zero attached hydrogens (tertiary/aromatic N) is 1. The van der Waals surface area contributed by atoms with Crippen molar-refractivity contribution >= 4 is 23.8 Å². The summed E-state index contributed by atoms with van der Waals surface area (Å²) in [4.78, 5) is 29.1. The molecule has 2 fully saturated rings. The zero-order chi connectivity index (χ0) is 29.1. The minimum atomic E-state index is -1.89. The Hall–Kier alpha value is -2.96. The summed E-state index contributed by atoms with van der Waals surface area (Å²) in [7, 11) is 1.26. The summed E-state index contributed by atoms with van der Waals surface area (Å²) >= 11 is 0. The van der Waals surface area contributed by atoms with Crippen molar-refractivity contribution in [2.45, 2.75) is 81.3 Å². The normalized spacial score (nSPS) is 38.9. The van der Waals surface area contributed by atoms with Gasteiger partial charge in [0, 0.05) is 23.3 Å². The number of hydrogen-bond acceptors (Lipinski definition) is 9. The maximum Gasteiger partial charge on any atom is 0.333 e. The molecule has 222 valence electrons. The summed E-state index contributed by atoms with van der Waals surface area (Å²) in [5.74, 6) is -3.21. The van der Waals surface area contributed by atoms with Crippen molar-refractivity contribution in [3.05, 3.63) is 46.1 Å². The highest BCUT2D eigenvalue weighted by molar-refractivity contribution is 5.90. The fourth-order valence-corrected chi connectivity index (χ4v) is 7.53. The minimum absolute atomic E-state index is 0.100. The van der Waals surface area contributed by atoms with Crippen molar-refractivity contribution < 1.29 is 49.0 Å². The van der Waals surface area contributed by atoms with E-state index < -0.39 is 66.2 Å². The third-order valence-electron chi connectivity index (χ3n) is 9.55. The summed E-state index contributed by atoms with van der Waals surface area (Å²) in [5.41, 5.74) is -1.54. The molecule has 0 radical (unpaired) electrons. The van der Waals surface area contributed by atoms with E-state index in [1.54, 1.807) is 6.08 Å². The molecule has 0 aromatic carbocycles. The Balaban J connectivity index is 1.38. The van der Waals surface area contributed by atoms with Gasteiger partial charge in [-0.05, 0) is 36.5 Å². The molecule has 4 bridgehead atoms. The molecule has 3 aliphatic carbocycles. The Labute approximate surface area is 236 Å². The molecule has 1 aromatic rings. The number of methoxy groups -OCH3 is 1. The zero-order valence-electron chi connectivity index (χ0n) is 23.1. The van der Waals surface area contributed by atoms with Gasteiger partial charge >= 0.3 is 11.9 Å². The van der Waals surface area contributed by atoms with Crippen LogP contribution >= 0.6 is 0 Å². The van der Waals surface area contributed by atoms with Crippen LogP contribution in [-0.2, 0) is 35.0 Å². The SMILES string of the molecule is CCc1cc2c([n-]1)=COC13C=2CCC(O)(C(OC2C4C=C(C(=O)OC)C(CC(=O)O)C2C=CCC4)OC1CO)C3O. The number of ether oxygens (including phenoxy) is 4. The van der Waals surface area contributed by atoms with Gasteiger partial charge in [0.05, 0.1) is 32.5 Å². The summed E-state index contributed by atoms with van der Waals surface area (Å²) < 4.78 is 23.9. The molecule has 1 saturated carbocycles. The number of aryl methyl sites for hydroxylation is 1. The zero-order valence-corrected chi connectivity index (χ0v) is 23.1. The van der Waals surface area contributed by atoms with E-state index >= 15 is 0 Å². The van der Waals surface area contributed by atoms with E-state index in [9.17, 15) is 30.0 Å². The van der Waals surface area contributed by atoms with E-state index in [2.05, 4.69) is 4.98 Å². The number of aromatic nitrogens is 1. The van der Waals surface area contributed by atoms with Crippen molar-refractivity contribution in [2.75, 3.05) is 13.7 Å². The molecule has 11 heteroatoms. The van der Waals surface area contributed by atoms with Gasteiger partial charge in [-0.15, -0.1) is 0 Å². The second-order valence-electron chi connectivity index (χ2n) is 11.6. The van der Waals surface area contributed by atoms with Gasteiger partial charge in [0.15, 0.2) is 11.9 Å². The lowest BCUT2D eigenvalue weighted by Crippen LogP contribution is -2.77. The molecule has 3 heterocycles. The quantitative estimate of drug-likeness (QED) is 0.250. The van der Waals surface area contributed by atoms with Gasteiger partial charge in [-0.3, -0.25) is 4.79 Å². The van der Waals surface area contributed by atoms with Crippen molar-refractivity contribution in [2.24, 2.45) is 17.8 Å². The summed E-state index contributed by atoms with van der Waals surface area (Å²) in [6.45, 7) is 1.48. The average molecular weight is 571 g/mol. The molecule has 1 spiro atoms. The number of aliphatic carboxylic acids is 1. The molecular formula is C30H36NO10-. The first-order valence-electron chi connectivity index (χ1n) is 14.2. The molecule has 2 aliphatic heterocycles. The molecule has 9 atom stereocenters. The minimum Gasteiger partial charge on any atom is -0.658 e. The van der Waals surface area contributed by atoms with Gasteiger partial charge in [-0.2, -0.15) is 5.69 Å². The number of allylic oxidation sites excluding steroid dienone is 1. The van der Waals surface area contributed by atoms with Crippen LogP contribution in [0.1, 0.15) is 44.7 Å². The number of carbonyl (C=O) groups excluding carboxylic acids is 1. The molecule has 41 heavy (non-hydrogen) atoms. The van der Waals surface area contributed by atoms with Crippen LogP contribution in [0.4, 0.5) is 0 Å². The van der Waals surface area contributed by atoms with Crippen LogP contribution in [0.3, 0.4) is 0 Å². The van der Waals surface area contributed by atoms with Crippen molar-refractivity contribution in [3.63, 3.8) is 0 Å². The predicted molar refractivity (Wildman–Crippen MR) is 142 cm³/mol. The lowest BCUT2D eigenvalue weighted by molar-refractivity contribution is -0.374. The molecule has 6 rings (SSSR count). The van der Waals surface area contributed by atoms with Crippen molar-refractivity contribution in [3.8, 4) is 0 Å². The van der Waals surface area contributed by atoms with Gasteiger partial charge in [0.25, 0.3) is 0 Å². The third kappa shape index (κ3) is 4.20. The Morgan fingerprint density at radius 1 is 1.29 bits per heavy atom. The highest BCUT2D eigenvalue weighted by Gasteiger charge is 2.69. The van der Waals surface area contributed by atoms with Gasteiger partial charge in [-0.25, -0.2) is 4.79 Å². The molecule has 0 amide bonds. The molecule has 5 aliphatic rings. The fourth-order valence-electron chi connectivity index (χ4n) is 7.53. The van der Waals surface area contributed by atoms with Crippen LogP contribution in [-0.4, -0.2) is 81.9 Å². The van der Waals surface area contributed by atoms with Gasteiger partial charge in [0.2, 0.25) is 0 Å². The smallest absolute Gasteiger partial charge is 0.333 e. The van der Waals surface area contributed by atoms with E-state index in [0.29, 0.717) is 30.2 Å². The first-order chi connectivity index (χ1) is 19.7. The van der Waals surface area contributed by atoms with Crippen LogP contribution in [0.15, 0.2) is 29.9 Å². The third-order valence-corrected chi connectivity index (χ3v) is 9.55. The summed E-state index contributed by atoms with van der Waals surface area (Å²) in [6, 6.07) is 1.95. The van der Waals surface area contributed by atoms with Gasteiger partial charge in [0.1, 0.15) is 17.8 Å². The van der Waals surface area contributed by atoms with Crippen LogP contribution in [0, 0.1) is 17.8 Å². The highest BCUT2D eigenvalue weighted by Crippen LogP contribution is 2.53. The van der Waals surface area contributed by atoms with E-state index in [4.69, 9.17) is 18.9 Å². The molecular weight excluding hydrogens is 534 g/mol. The topological polar surface area (TPSA) is 166 Å². The number of aliphatic hydroxyl groups is 3. The number of aliphatic hydroxyl groups excluding tert-OH is 2. The molecule has 11 nitrogen and oxygen atoms in total. The number of rotatable bonds is 7. The summed E-state index contributed by atoms with van der Waals surface area (Å²) in [6.07, 6.45) is 4.56. The van der Waals surface area contributed by atoms with Crippen LogP contribution in [0.5, 0.6) is 0 Å². The first kappa shape index (κ1) is 28.2. The van der Waals surface area contributed by atoms with E-state index in [-0.39, 0.29) is 18.8 Å². The highest BCUT2D eigenvalue weighted by atomic mass is 16.7. The number of carbonyl (C=O) groups is 2. The number of hydrogen-bond donors (Lipinski definition) is 4. The maximum atomic E-state index is 12.7. The maximum absolute atomic E-state index is 12.7. The second kappa shape index (κ2) is 10.4. The van der Waals surface area contributed by atoms with Crippen LogP contribution in [0.25, 0.3) is 11.8 Å². The average Bonchev–Trinajstić information content (AvgIpc) is 3.32. The molecule has 1 saturated heterocycles. The van der Waals surface area contributed by atoms with E-state index in [0.717, 1.165) is 22.9 Å². The Bertz CT molecular complexity index is 1410. The van der Waals surface area contributed by atoms with Gasteiger partial charge < -0.3 is 44.4 Å². The number of esters is 1. The standard InChI is InChI=1S/C30H36NO10/c1-3-16-11-20-21-8-9-29(37)27(36)30(21,39-14-22(20)31-16)23(13-32)40-28(29)41-25-15-6-4-5-7-17(25)18(12-24(33)34)19(10-15)26(35)38-2/h5,7,10-11,14-15,17-18,23,25,27-28,32,36-37H,3-4,6,8-9,12-13H2,1-2H3,(H,33,34)/q-1. The van der Waals surface area contributed by atoms with E-state index in [1.807, 2.05) is 25.1 Å². The Kier molecular flexibility index (Phi) is 7.14. The largest absolute Gasteiger partial charge is 0.658 e. The lowest BCUT2D eigenvalue weighted by atomic mass is 9.63. The van der Waals surface area contributed by atoms with Crippen molar-refractivity contribution in [1.82, 2.24) is 4.98 Å². The first-order valence-corrected chi connectivity index (χ1v) is 14.2. The molecule has 1 aromatic heterocycles. The van der Waals surface area contributed by atoms with Crippen LogP contribution in [0.2, 0.25) is 0 Å². The fraction of sp³-hybridized carbons (Fsp3) is 0.600. The lowest BCUT2D eigenvalue weighted by Gasteiger charge is -2.60. The number of carboxylic acid groups (broad SMARTS) is 1. The monoisotopic (exact) mass is 570 g/mol. The Morgan fingerprint density at radius 2 is 2.10 bits per heavy atom. The Morgan fingerprint density at radius 3 is 2.80 bits per heavy atom.